The molecule has 0 aliphatic heterocycles. The van der Waals surface area contributed by atoms with E-state index in [2.05, 4.69) is 25.9 Å². The number of hydrogen-bond acceptors (Lipinski definition) is 2. The lowest BCUT2D eigenvalue weighted by Gasteiger charge is -2.19. The summed E-state index contributed by atoms with van der Waals surface area (Å²) in [5, 5.41) is 1.14. The monoisotopic (exact) mass is 388 g/mol. The third kappa shape index (κ3) is 3.87. The van der Waals surface area contributed by atoms with Crippen LogP contribution in [-0.4, -0.2) is 9.97 Å². The molecule has 1 aromatic heterocycles. The van der Waals surface area contributed by atoms with Crippen LogP contribution in [-0.2, 0) is 11.8 Å². The molecule has 6 heteroatoms. The van der Waals surface area contributed by atoms with Crippen molar-refractivity contribution in [2.75, 3.05) is 0 Å². The summed E-state index contributed by atoms with van der Waals surface area (Å²) in [6, 6.07) is 5.29. The summed E-state index contributed by atoms with van der Waals surface area (Å²) in [4.78, 5) is 19.4. The smallest absolute Gasteiger partial charge is 0.265 e. The van der Waals surface area contributed by atoms with E-state index in [1.165, 1.54) is 0 Å². The number of hydrogen-bond donors (Lipinski definition) is 1. The maximum Gasteiger partial charge on any atom is 0.265 e. The molecule has 21 heavy (non-hydrogen) atoms. The molecular formula is C15H15BrCl2N2O. The summed E-state index contributed by atoms with van der Waals surface area (Å²) in [5.74, 6) is 0.581. The lowest BCUT2D eigenvalue weighted by molar-refractivity contribution is 0.557. The van der Waals surface area contributed by atoms with Crippen LogP contribution >= 0.6 is 39.1 Å². The molecule has 0 saturated carbocycles. The highest BCUT2D eigenvalue weighted by molar-refractivity contribution is 9.10. The Morgan fingerprint density at radius 2 is 1.95 bits per heavy atom. The van der Waals surface area contributed by atoms with E-state index >= 15 is 0 Å². The molecule has 0 fully saturated rings. The van der Waals surface area contributed by atoms with Crippen molar-refractivity contribution in [2.24, 2.45) is 0 Å². The summed E-state index contributed by atoms with van der Waals surface area (Å²) in [7, 11) is 0. The molecule has 0 unspecified atom stereocenters. The van der Waals surface area contributed by atoms with E-state index in [9.17, 15) is 4.79 Å². The predicted octanol–water partition coefficient (Wildman–Crippen LogP) is 4.73. The Morgan fingerprint density at radius 3 is 2.52 bits per heavy atom. The molecule has 0 radical (unpaired) electrons. The zero-order valence-electron chi connectivity index (χ0n) is 11.9. The highest BCUT2D eigenvalue weighted by Gasteiger charge is 2.22. The van der Waals surface area contributed by atoms with Crippen molar-refractivity contribution in [3.05, 3.63) is 60.2 Å². The van der Waals surface area contributed by atoms with E-state index in [0.29, 0.717) is 26.8 Å². The second-order valence-electron chi connectivity index (χ2n) is 5.84. The Labute approximate surface area is 141 Å². The van der Waals surface area contributed by atoms with Crippen LogP contribution in [0.2, 0.25) is 10.0 Å². The van der Waals surface area contributed by atoms with E-state index in [1.807, 2.05) is 26.8 Å². The minimum atomic E-state index is -0.231. The molecule has 0 aliphatic rings. The summed E-state index contributed by atoms with van der Waals surface area (Å²) in [6.07, 6.45) is 0.446. The van der Waals surface area contributed by atoms with Crippen molar-refractivity contribution < 1.29 is 0 Å². The van der Waals surface area contributed by atoms with Crippen LogP contribution in [0.4, 0.5) is 0 Å². The summed E-state index contributed by atoms with van der Waals surface area (Å²) in [6.45, 7) is 6.04. The van der Waals surface area contributed by atoms with Gasteiger partial charge in [0.15, 0.2) is 0 Å². The number of aromatic nitrogens is 2. The quantitative estimate of drug-likeness (QED) is 0.806. The van der Waals surface area contributed by atoms with Crippen molar-refractivity contribution in [3.63, 3.8) is 0 Å². The molecular weight excluding hydrogens is 375 g/mol. The number of nitrogens with zero attached hydrogens (tertiary/aromatic N) is 1. The van der Waals surface area contributed by atoms with Gasteiger partial charge in [-0.3, -0.25) is 4.79 Å². The van der Waals surface area contributed by atoms with E-state index < -0.39 is 0 Å². The minimum Gasteiger partial charge on any atom is -0.309 e. The van der Waals surface area contributed by atoms with Gasteiger partial charge < -0.3 is 4.98 Å². The average Bonchev–Trinajstić information content (AvgIpc) is 2.35. The molecule has 0 aliphatic carbocycles. The van der Waals surface area contributed by atoms with Crippen molar-refractivity contribution in [3.8, 4) is 0 Å². The first-order valence-electron chi connectivity index (χ1n) is 6.41. The van der Waals surface area contributed by atoms with Crippen molar-refractivity contribution in [1.82, 2.24) is 9.97 Å². The van der Waals surface area contributed by atoms with E-state index in [1.54, 1.807) is 12.1 Å². The van der Waals surface area contributed by atoms with Gasteiger partial charge in [0.1, 0.15) is 10.3 Å². The maximum absolute atomic E-state index is 12.0. The summed E-state index contributed by atoms with van der Waals surface area (Å²) in [5.41, 5.74) is 1.18. The van der Waals surface area contributed by atoms with Crippen molar-refractivity contribution >= 4 is 39.1 Å². The standard InChI is InChI=1S/C15H15BrCl2N2O/c1-15(2,3)13-12(16)14(21)20-11(19-13)6-8-4-5-9(17)7-10(8)18/h4-5,7H,6H2,1-3H3,(H,19,20,21). The zero-order chi connectivity index (χ0) is 15.8. The molecule has 1 heterocycles. The van der Waals surface area contributed by atoms with Gasteiger partial charge in [0, 0.05) is 21.9 Å². The number of rotatable bonds is 2. The fourth-order valence-electron chi connectivity index (χ4n) is 1.93. The number of benzene rings is 1. The van der Waals surface area contributed by atoms with E-state index in [0.717, 1.165) is 11.3 Å². The molecule has 0 saturated heterocycles. The molecule has 112 valence electrons. The van der Waals surface area contributed by atoms with E-state index in [4.69, 9.17) is 23.2 Å². The number of aromatic amines is 1. The Kier molecular flexibility index (Phi) is 4.81. The van der Waals surface area contributed by atoms with Crippen LogP contribution in [0.15, 0.2) is 27.5 Å². The van der Waals surface area contributed by atoms with E-state index in [-0.39, 0.29) is 11.0 Å². The van der Waals surface area contributed by atoms with Gasteiger partial charge in [-0.25, -0.2) is 4.98 Å². The Hall–Kier alpha value is -0.840. The highest BCUT2D eigenvalue weighted by Crippen LogP contribution is 2.26. The predicted molar refractivity (Wildman–Crippen MR) is 90.5 cm³/mol. The summed E-state index contributed by atoms with van der Waals surface area (Å²) < 4.78 is 0.473. The topological polar surface area (TPSA) is 45.8 Å². The van der Waals surface area contributed by atoms with Crippen LogP contribution in [0, 0.1) is 0 Å². The molecule has 0 spiro atoms. The first-order chi connectivity index (χ1) is 9.68. The molecule has 1 N–H and O–H groups in total. The Balaban J connectivity index is 2.46. The lowest BCUT2D eigenvalue weighted by Crippen LogP contribution is -2.23. The molecule has 1 aromatic carbocycles. The van der Waals surface area contributed by atoms with Gasteiger partial charge in [0.05, 0.1) is 5.69 Å². The first kappa shape index (κ1) is 16.5. The average molecular weight is 390 g/mol. The molecule has 0 amide bonds. The van der Waals surface area contributed by atoms with Crippen LogP contribution in [0.1, 0.15) is 37.9 Å². The molecule has 2 aromatic rings. The lowest BCUT2D eigenvalue weighted by atomic mass is 9.92. The van der Waals surface area contributed by atoms with Gasteiger partial charge in [0.25, 0.3) is 5.56 Å². The van der Waals surface area contributed by atoms with Gasteiger partial charge in [-0.15, -0.1) is 0 Å². The van der Waals surface area contributed by atoms with Gasteiger partial charge in [-0.2, -0.15) is 0 Å². The van der Waals surface area contributed by atoms with Crippen LogP contribution in [0.3, 0.4) is 0 Å². The fraction of sp³-hybridized carbons (Fsp3) is 0.333. The van der Waals surface area contributed by atoms with Gasteiger partial charge in [0.2, 0.25) is 0 Å². The Morgan fingerprint density at radius 1 is 1.29 bits per heavy atom. The van der Waals surface area contributed by atoms with Crippen molar-refractivity contribution in [2.45, 2.75) is 32.6 Å². The van der Waals surface area contributed by atoms with Gasteiger partial charge >= 0.3 is 0 Å². The minimum absolute atomic E-state index is 0.185. The number of nitrogens with one attached hydrogen (secondary N) is 1. The molecule has 2 rings (SSSR count). The summed E-state index contributed by atoms with van der Waals surface area (Å²) >= 11 is 15.4. The van der Waals surface area contributed by atoms with Crippen LogP contribution < -0.4 is 5.56 Å². The number of H-pyrrole nitrogens is 1. The molecule has 3 nitrogen and oxygen atoms in total. The second kappa shape index (κ2) is 6.11. The third-order valence-electron chi connectivity index (χ3n) is 3.00. The second-order valence-corrected chi connectivity index (χ2v) is 7.47. The SMILES string of the molecule is CC(C)(C)c1nc(Cc2ccc(Cl)cc2Cl)[nH]c(=O)c1Br. The maximum atomic E-state index is 12.0. The van der Waals surface area contributed by atoms with Gasteiger partial charge in [-0.1, -0.05) is 50.0 Å². The zero-order valence-corrected chi connectivity index (χ0v) is 15.0. The third-order valence-corrected chi connectivity index (χ3v) is 4.32. The largest absolute Gasteiger partial charge is 0.309 e. The molecule has 0 atom stereocenters. The fourth-order valence-corrected chi connectivity index (χ4v) is 3.19. The normalized spacial score (nSPS) is 11.7. The van der Waals surface area contributed by atoms with Crippen LogP contribution in [0.5, 0.6) is 0 Å². The Bertz CT molecular complexity index is 735. The van der Waals surface area contributed by atoms with Crippen molar-refractivity contribution in [1.29, 1.82) is 0 Å². The highest BCUT2D eigenvalue weighted by atomic mass is 79.9. The first-order valence-corrected chi connectivity index (χ1v) is 7.96. The van der Waals surface area contributed by atoms with Crippen LogP contribution in [0.25, 0.3) is 0 Å². The van der Waals surface area contributed by atoms with Gasteiger partial charge in [-0.05, 0) is 33.6 Å². The number of halogens is 3. The molecule has 0 bridgehead atoms.